The van der Waals surface area contributed by atoms with Crippen LogP contribution in [0.25, 0.3) is 0 Å². The van der Waals surface area contributed by atoms with Crippen molar-refractivity contribution < 1.29 is 146 Å². The minimum atomic E-state index is -1.44. The van der Waals surface area contributed by atoms with Crippen LogP contribution in [0.1, 0.15) is 53.9 Å². The number of hydrogen-bond acceptors (Lipinski definition) is 31. The highest BCUT2D eigenvalue weighted by molar-refractivity contribution is 6.34. The lowest BCUT2D eigenvalue weighted by molar-refractivity contribution is -0.272. The summed E-state index contributed by atoms with van der Waals surface area (Å²) in [7, 11) is 0.503. The monoisotopic (exact) mass is 1390 g/mol. The zero-order chi connectivity index (χ0) is 70.7. The SMILES string of the molecule is CC(=O)N[C@H]1[C@H](OCCOCCOCCNC(=O)CCOCC(COCCC(=O)NCCOCCOCCOC2O[C@H](CO)[C@H](O)[C@H](O)[C@H]2NC(C)=O)(COCCC(=O)NCCOCCOCCO[C@@H]2O[C@H](CO)[C@H](O)[C@H](O)[C@H]2NC(C)=O)NBC(C)C)O[C@H](CO)[C@H](O)[C@@H]1O. The summed E-state index contributed by atoms with van der Waals surface area (Å²) in [4.78, 5) is 73.4. The molecule has 3 fully saturated rings. The first kappa shape index (κ1) is 86.1. The van der Waals surface area contributed by atoms with Crippen LogP contribution < -0.4 is 37.1 Å². The minimum Gasteiger partial charge on any atom is -0.394 e. The molecule has 0 radical (unpaired) electrons. The zero-order valence-corrected chi connectivity index (χ0v) is 55.8. The zero-order valence-electron chi connectivity index (χ0n) is 55.8. The van der Waals surface area contributed by atoms with Gasteiger partial charge >= 0.3 is 0 Å². The smallest absolute Gasteiger partial charge is 0.222 e. The minimum absolute atomic E-state index is 0.00180. The maximum absolute atomic E-state index is 12.8. The summed E-state index contributed by atoms with van der Waals surface area (Å²) in [5, 5.41) is 110. The molecule has 6 amide bonds. The predicted octanol–water partition coefficient (Wildman–Crippen LogP) is -8.96. The second-order valence-corrected chi connectivity index (χ2v) is 23.1. The first-order chi connectivity index (χ1) is 46.1. The van der Waals surface area contributed by atoms with Crippen molar-refractivity contribution in [1.29, 1.82) is 0 Å². The van der Waals surface area contributed by atoms with Gasteiger partial charge < -0.3 is 154 Å². The molecule has 3 saturated heterocycles. The third kappa shape index (κ3) is 34.8. The van der Waals surface area contributed by atoms with Crippen molar-refractivity contribution in [1.82, 2.24) is 37.1 Å². The van der Waals surface area contributed by atoms with Crippen molar-refractivity contribution in [2.24, 2.45) is 0 Å². The molecule has 3 aliphatic heterocycles. The van der Waals surface area contributed by atoms with Gasteiger partial charge in [0.25, 0.3) is 0 Å². The number of ether oxygens (including phenoxy) is 15. The molecule has 1 unspecified atom stereocenters. The summed E-state index contributed by atoms with van der Waals surface area (Å²) in [6.07, 6.45) is -15.4. The van der Waals surface area contributed by atoms with Crippen LogP contribution in [0.15, 0.2) is 0 Å². The maximum Gasteiger partial charge on any atom is 0.222 e. The van der Waals surface area contributed by atoms with Gasteiger partial charge in [0.15, 0.2) is 18.9 Å². The number of aliphatic hydroxyl groups excluding tert-OH is 9. The van der Waals surface area contributed by atoms with Gasteiger partial charge in [-0.15, -0.1) is 0 Å². The van der Waals surface area contributed by atoms with E-state index >= 15 is 0 Å². The van der Waals surface area contributed by atoms with Crippen molar-refractivity contribution in [3.05, 3.63) is 0 Å². The summed E-state index contributed by atoms with van der Waals surface area (Å²) in [6.45, 7) is 8.57. The predicted molar refractivity (Wildman–Crippen MR) is 332 cm³/mol. The van der Waals surface area contributed by atoms with Gasteiger partial charge in [0, 0.05) is 59.7 Å². The molecule has 16 N–H and O–H groups in total. The van der Waals surface area contributed by atoms with Crippen molar-refractivity contribution >= 4 is 42.9 Å². The Morgan fingerprint density at radius 2 is 0.646 bits per heavy atom. The molecule has 0 spiro atoms. The first-order valence-corrected chi connectivity index (χ1v) is 32.3. The molecule has 38 heteroatoms. The molecule has 3 aliphatic rings. The molecule has 3 heterocycles. The molecule has 558 valence electrons. The number of amides is 6. The van der Waals surface area contributed by atoms with Crippen LogP contribution in [-0.2, 0) is 99.8 Å². The Hall–Kier alpha value is -4.12. The highest BCUT2D eigenvalue weighted by Gasteiger charge is 2.48. The van der Waals surface area contributed by atoms with E-state index in [1.165, 1.54) is 20.8 Å². The largest absolute Gasteiger partial charge is 0.394 e. The van der Waals surface area contributed by atoms with Gasteiger partial charge in [-0.3, -0.25) is 28.8 Å². The third-order valence-electron chi connectivity index (χ3n) is 14.5. The van der Waals surface area contributed by atoms with E-state index in [1.54, 1.807) is 0 Å². The Labute approximate surface area is 559 Å². The molecular weight excluding hydrogens is 1290 g/mol. The number of carbonyl (C=O) groups is 6. The van der Waals surface area contributed by atoms with Crippen molar-refractivity contribution in [2.75, 3.05) is 178 Å². The number of hydrogen-bond donors (Lipinski definition) is 16. The molecule has 0 aromatic carbocycles. The van der Waals surface area contributed by atoms with E-state index in [1.807, 2.05) is 13.8 Å². The lowest BCUT2D eigenvalue weighted by Crippen LogP contribution is -2.64. The Bertz CT molecular complexity index is 1930. The van der Waals surface area contributed by atoms with Gasteiger partial charge in [-0.1, -0.05) is 19.7 Å². The van der Waals surface area contributed by atoms with Gasteiger partial charge in [0.05, 0.1) is 164 Å². The summed E-state index contributed by atoms with van der Waals surface area (Å²) >= 11 is 0. The lowest BCUT2D eigenvalue weighted by atomic mass is 9.75. The Balaban J connectivity index is 1.39. The second kappa shape index (κ2) is 50.2. The van der Waals surface area contributed by atoms with Crippen LogP contribution in [0.4, 0.5) is 0 Å². The molecular formula is C58H108BN7O30. The molecule has 0 aromatic heterocycles. The standard InChI is InChI=1S/C58H108BN7O30/c1-36(2)59-66-58(33-88-12-6-43(73)60-9-15-82-18-21-85-24-27-91-55-46(63-37(3)70)52(79)49(76)40(30-67)94-55,34-89-13-7-44(74)61-10-16-83-19-22-86-25-28-92-56-47(64-38(4)71)53(80)50(77)41(31-68)95-56)35-90-14-8-45(75)62-11-17-84-20-23-87-26-29-93-57-48(65-39(5)72)54(81)51(78)42(32-69)96-57/h36,40-42,46-57,59,66-69,76-81H,6-35H2,1-5H3,(H,60,73)(H,61,74)(H,62,75)(H,63,70)(H,64,71)(H,65,72)/t40-,41-,42-,46-,47-,48-,49+,50+,51+,52-,53-,54-,55-,56-,57?/m1/s1. The Morgan fingerprint density at radius 3 is 0.896 bits per heavy atom. The summed E-state index contributed by atoms with van der Waals surface area (Å²) in [6, 6.07) is -3.23. The van der Waals surface area contributed by atoms with Crippen LogP contribution in [0.2, 0.25) is 5.82 Å². The third-order valence-corrected chi connectivity index (χ3v) is 14.5. The molecule has 0 aromatic rings. The van der Waals surface area contributed by atoms with Crippen LogP contribution >= 0.6 is 0 Å². The highest BCUT2D eigenvalue weighted by atomic mass is 16.7. The van der Waals surface area contributed by atoms with E-state index in [4.69, 9.17) is 71.1 Å². The fourth-order valence-corrected chi connectivity index (χ4v) is 9.52. The molecule has 37 nitrogen and oxygen atoms in total. The van der Waals surface area contributed by atoms with Gasteiger partial charge in [0.2, 0.25) is 42.9 Å². The van der Waals surface area contributed by atoms with Gasteiger partial charge in [-0.2, -0.15) is 0 Å². The molecule has 15 atom stereocenters. The van der Waals surface area contributed by atoms with E-state index in [-0.39, 0.29) is 201 Å². The van der Waals surface area contributed by atoms with E-state index in [2.05, 4.69) is 37.1 Å². The Morgan fingerprint density at radius 1 is 0.385 bits per heavy atom. The first-order valence-electron chi connectivity index (χ1n) is 32.3. The average molecular weight is 1390 g/mol. The maximum atomic E-state index is 12.8. The quantitative estimate of drug-likeness (QED) is 0.0199. The molecule has 0 saturated carbocycles. The Kier molecular flexibility index (Phi) is 45.1. The number of rotatable bonds is 54. The topological polar surface area (TPSA) is 507 Å². The van der Waals surface area contributed by atoms with Gasteiger partial charge in [0.1, 0.15) is 73.1 Å². The number of aliphatic hydroxyl groups is 9. The molecule has 0 bridgehead atoms. The van der Waals surface area contributed by atoms with Crippen LogP contribution in [0, 0.1) is 0 Å². The highest BCUT2D eigenvalue weighted by Crippen LogP contribution is 2.25. The van der Waals surface area contributed by atoms with E-state index < -0.39 is 135 Å². The molecule has 3 rings (SSSR count). The molecule has 96 heavy (non-hydrogen) atoms. The fourth-order valence-electron chi connectivity index (χ4n) is 9.52. The molecule has 0 aliphatic carbocycles. The van der Waals surface area contributed by atoms with Crippen molar-refractivity contribution in [3.8, 4) is 0 Å². The average Bonchev–Trinajstić information content (AvgIpc) is 0.861. The second-order valence-electron chi connectivity index (χ2n) is 23.1. The number of carbonyl (C=O) groups excluding carboxylic acids is 6. The van der Waals surface area contributed by atoms with Crippen LogP contribution in [0.5, 0.6) is 0 Å². The van der Waals surface area contributed by atoms with Crippen molar-refractivity contribution in [3.63, 3.8) is 0 Å². The summed E-state index contributed by atoms with van der Waals surface area (Å²) in [5.41, 5.74) is -0.991. The van der Waals surface area contributed by atoms with E-state index in [9.17, 15) is 74.7 Å². The van der Waals surface area contributed by atoms with Crippen LogP contribution in [0.3, 0.4) is 0 Å². The number of nitrogens with one attached hydrogen (secondary N) is 7. The van der Waals surface area contributed by atoms with Crippen molar-refractivity contribution in [2.45, 2.75) is 157 Å². The normalized spacial score (nSPS) is 26.1. The summed E-state index contributed by atoms with van der Waals surface area (Å²) < 4.78 is 84.9. The van der Waals surface area contributed by atoms with Crippen LogP contribution in [-0.4, -0.2) is 364 Å². The summed E-state index contributed by atoms with van der Waals surface area (Å²) in [5.74, 6) is -2.17. The van der Waals surface area contributed by atoms with Gasteiger partial charge in [-0.05, 0) is 0 Å². The van der Waals surface area contributed by atoms with E-state index in [0.717, 1.165) is 0 Å². The van der Waals surface area contributed by atoms with E-state index in [0.29, 0.717) is 7.41 Å². The van der Waals surface area contributed by atoms with Gasteiger partial charge in [-0.25, -0.2) is 0 Å². The fraction of sp³-hybridized carbons (Fsp3) is 0.897. The lowest BCUT2D eigenvalue weighted by Gasteiger charge is -2.42.